The van der Waals surface area contributed by atoms with Crippen LogP contribution in [-0.4, -0.2) is 5.11 Å². The van der Waals surface area contributed by atoms with Gasteiger partial charge < -0.3 is 15.3 Å². The molecule has 0 aliphatic rings. The van der Waals surface area contributed by atoms with Crippen molar-refractivity contribution in [1.82, 2.24) is 0 Å². The monoisotopic (exact) mass is 228 g/mol. The molecule has 0 saturated carbocycles. The van der Waals surface area contributed by atoms with E-state index in [2.05, 4.69) is 0 Å². The Balaban J connectivity index is 0.000000980. The average Bonchev–Trinajstić information content (AvgIpc) is 2.08. The first-order valence-electron chi connectivity index (χ1n) is 3.69. The standard InChI is InChI=1S/C9H7NO3.V/c10-7-3-5-1-2-6(11)4-8(5)13-9(7)12;/h1-4,11H,10H2;. The summed E-state index contributed by atoms with van der Waals surface area (Å²) in [4.78, 5) is 11.0. The van der Waals surface area contributed by atoms with Crippen LogP contribution in [0.25, 0.3) is 11.0 Å². The molecule has 0 spiro atoms. The molecule has 1 radical (unpaired) electrons. The minimum atomic E-state index is -0.585. The largest absolute Gasteiger partial charge is 0.508 e. The summed E-state index contributed by atoms with van der Waals surface area (Å²) in [7, 11) is 0. The first-order chi connectivity index (χ1) is 6.16. The number of nitrogen functional groups attached to an aromatic ring is 1. The normalized spacial score (nSPS) is 9.71. The number of nitrogens with two attached hydrogens (primary N) is 1. The second-order valence-corrected chi connectivity index (χ2v) is 2.71. The fourth-order valence-corrected chi connectivity index (χ4v) is 1.12. The molecular formula is C9H7NO3V. The molecule has 0 atom stereocenters. The molecular weight excluding hydrogens is 221 g/mol. The Bertz CT molecular complexity index is 521. The third-order valence-electron chi connectivity index (χ3n) is 1.75. The van der Waals surface area contributed by atoms with Crippen LogP contribution in [0.4, 0.5) is 5.69 Å². The molecule has 2 aromatic rings. The number of aromatic hydroxyl groups is 1. The van der Waals surface area contributed by atoms with E-state index in [9.17, 15) is 4.79 Å². The van der Waals surface area contributed by atoms with Gasteiger partial charge in [0, 0.05) is 30.0 Å². The SMILES string of the molecule is Nc1cc2ccc(O)cc2oc1=O.[V]. The van der Waals surface area contributed by atoms with Gasteiger partial charge in [0.05, 0.1) is 0 Å². The zero-order valence-electron chi connectivity index (χ0n) is 7.10. The summed E-state index contributed by atoms with van der Waals surface area (Å²) in [6.07, 6.45) is 0. The van der Waals surface area contributed by atoms with Crippen LogP contribution in [0.3, 0.4) is 0 Å². The van der Waals surface area contributed by atoms with Gasteiger partial charge in [-0.3, -0.25) is 0 Å². The molecule has 2 rings (SSSR count). The van der Waals surface area contributed by atoms with Crippen molar-refractivity contribution in [3.63, 3.8) is 0 Å². The molecule has 0 aliphatic heterocycles. The molecule has 0 saturated heterocycles. The van der Waals surface area contributed by atoms with Crippen LogP contribution >= 0.6 is 0 Å². The Kier molecular flexibility index (Phi) is 2.88. The van der Waals surface area contributed by atoms with Crippen LogP contribution in [0.15, 0.2) is 33.5 Å². The maximum atomic E-state index is 11.0. The van der Waals surface area contributed by atoms with Crippen molar-refractivity contribution in [2.45, 2.75) is 0 Å². The topological polar surface area (TPSA) is 76.5 Å². The van der Waals surface area contributed by atoms with Gasteiger partial charge >= 0.3 is 5.63 Å². The van der Waals surface area contributed by atoms with Gasteiger partial charge in [-0.25, -0.2) is 4.79 Å². The number of fused-ring (bicyclic) bond motifs is 1. The van der Waals surface area contributed by atoms with Crippen LogP contribution < -0.4 is 11.4 Å². The van der Waals surface area contributed by atoms with Gasteiger partial charge in [0.15, 0.2) is 0 Å². The van der Waals surface area contributed by atoms with E-state index in [0.29, 0.717) is 11.0 Å². The Morgan fingerprint density at radius 1 is 1.29 bits per heavy atom. The summed E-state index contributed by atoms with van der Waals surface area (Å²) in [5, 5.41) is 9.79. The van der Waals surface area contributed by atoms with Crippen LogP contribution in [0, 0.1) is 0 Å². The molecule has 1 heterocycles. The summed E-state index contributed by atoms with van der Waals surface area (Å²) in [6.45, 7) is 0. The summed E-state index contributed by atoms with van der Waals surface area (Å²) >= 11 is 0. The van der Waals surface area contributed by atoms with E-state index in [1.807, 2.05) is 0 Å². The fourth-order valence-electron chi connectivity index (χ4n) is 1.12. The van der Waals surface area contributed by atoms with Crippen molar-refractivity contribution in [2.24, 2.45) is 0 Å². The number of phenolic OH excluding ortho intramolecular Hbond substituents is 1. The first-order valence-corrected chi connectivity index (χ1v) is 3.69. The molecule has 0 aliphatic carbocycles. The second kappa shape index (κ2) is 3.78. The van der Waals surface area contributed by atoms with E-state index in [-0.39, 0.29) is 30.0 Å². The van der Waals surface area contributed by atoms with Crippen LogP contribution in [0.5, 0.6) is 5.75 Å². The zero-order valence-corrected chi connectivity index (χ0v) is 8.49. The molecule has 14 heavy (non-hydrogen) atoms. The van der Waals surface area contributed by atoms with Crippen molar-refractivity contribution < 1.29 is 28.1 Å². The Hall–Kier alpha value is -1.39. The number of phenols is 1. The molecule has 71 valence electrons. The maximum absolute atomic E-state index is 11.0. The van der Waals surface area contributed by atoms with Gasteiger partial charge in [-0.15, -0.1) is 0 Å². The minimum Gasteiger partial charge on any atom is -0.508 e. The number of rotatable bonds is 0. The summed E-state index contributed by atoms with van der Waals surface area (Å²) in [5.41, 5.74) is 5.17. The van der Waals surface area contributed by atoms with E-state index in [1.54, 1.807) is 6.07 Å². The van der Waals surface area contributed by atoms with Crippen molar-refractivity contribution in [2.75, 3.05) is 5.73 Å². The van der Waals surface area contributed by atoms with E-state index < -0.39 is 5.63 Å². The first kappa shape index (κ1) is 10.7. The Morgan fingerprint density at radius 2 is 2.00 bits per heavy atom. The molecule has 0 unspecified atom stereocenters. The van der Waals surface area contributed by atoms with E-state index in [0.717, 1.165) is 0 Å². The zero-order chi connectivity index (χ0) is 9.42. The van der Waals surface area contributed by atoms with Gasteiger partial charge in [-0.2, -0.15) is 0 Å². The van der Waals surface area contributed by atoms with Crippen molar-refractivity contribution in [3.05, 3.63) is 34.7 Å². The summed E-state index contributed by atoms with van der Waals surface area (Å²) in [5.74, 6) is 0.0559. The predicted octanol–water partition coefficient (Wildman–Crippen LogP) is 1.08. The maximum Gasteiger partial charge on any atom is 0.359 e. The van der Waals surface area contributed by atoms with Crippen molar-refractivity contribution >= 4 is 16.7 Å². The fraction of sp³-hybridized carbons (Fsp3) is 0. The Labute approximate surface area is 91.2 Å². The third-order valence-corrected chi connectivity index (χ3v) is 1.75. The molecule has 0 amide bonds. The minimum absolute atomic E-state index is 0. The summed E-state index contributed by atoms with van der Waals surface area (Å²) < 4.78 is 4.83. The van der Waals surface area contributed by atoms with Gasteiger partial charge in [0.25, 0.3) is 0 Å². The van der Waals surface area contributed by atoms with Crippen LogP contribution in [0.2, 0.25) is 0 Å². The Morgan fingerprint density at radius 3 is 2.71 bits per heavy atom. The molecule has 3 N–H and O–H groups in total. The molecule has 0 fully saturated rings. The number of hydrogen-bond donors (Lipinski definition) is 2. The number of benzene rings is 1. The van der Waals surface area contributed by atoms with E-state index >= 15 is 0 Å². The molecule has 1 aromatic heterocycles. The van der Waals surface area contributed by atoms with Crippen molar-refractivity contribution in [1.29, 1.82) is 0 Å². The van der Waals surface area contributed by atoms with E-state index in [1.165, 1.54) is 18.2 Å². The van der Waals surface area contributed by atoms with Gasteiger partial charge in [0.2, 0.25) is 0 Å². The van der Waals surface area contributed by atoms with Gasteiger partial charge in [-0.1, -0.05) is 0 Å². The molecule has 5 heteroatoms. The predicted molar refractivity (Wildman–Crippen MR) is 48.6 cm³/mol. The van der Waals surface area contributed by atoms with E-state index in [4.69, 9.17) is 15.3 Å². The number of anilines is 1. The smallest absolute Gasteiger partial charge is 0.359 e. The molecule has 0 bridgehead atoms. The number of hydrogen-bond acceptors (Lipinski definition) is 4. The van der Waals surface area contributed by atoms with Gasteiger partial charge in [-0.05, 0) is 18.2 Å². The average molecular weight is 228 g/mol. The summed E-state index contributed by atoms with van der Waals surface area (Å²) in [6, 6.07) is 6.02. The second-order valence-electron chi connectivity index (χ2n) is 2.71. The van der Waals surface area contributed by atoms with Crippen LogP contribution in [-0.2, 0) is 18.6 Å². The van der Waals surface area contributed by atoms with Gasteiger partial charge in [0.1, 0.15) is 17.0 Å². The quantitative estimate of drug-likeness (QED) is 0.661. The van der Waals surface area contributed by atoms with Crippen molar-refractivity contribution in [3.8, 4) is 5.75 Å². The van der Waals surface area contributed by atoms with Crippen LogP contribution in [0.1, 0.15) is 0 Å². The molecule has 4 nitrogen and oxygen atoms in total. The third kappa shape index (κ3) is 1.76. The molecule has 1 aromatic carbocycles.